The molecule has 0 radical (unpaired) electrons. The number of ether oxygens (including phenoxy) is 1. The molecule has 0 spiro atoms. The molecule has 0 unspecified atom stereocenters. The normalized spacial score (nSPS) is 13.3. The summed E-state index contributed by atoms with van der Waals surface area (Å²) in [6.45, 7) is 0.962. The van der Waals surface area contributed by atoms with E-state index in [2.05, 4.69) is 4.74 Å². The Morgan fingerprint density at radius 1 is 1.11 bits per heavy atom. The van der Waals surface area contributed by atoms with Crippen LogP contribution in [-0.4, -0.2) is 12.1 Å². The third-order valence-corrected chi connectivity index (χ3v) is 2.69. The summed E-state index contributed by atoms with van der Waals surface area (Å²) < 4.78 is 43.5. The monoisotopic (exact) mass is 268 g/mol. The quantitative estimate of drug-likeness (QED) is 0.769. The minimum atomic E-state index is -4.64. The molecule has 0 aromatic heterocycles. The van der Waals surface area contributed by atoms with E-state index in [0.717, 1.165) is 6.92 Å². The summed E-state index contributed by atoms with van der Waals surface area (Å²) in [5.41, 5.74) is -0.0548. The highest BCUT2D eigenvalue weighted by Crippen LogP contribution is 2.38. The Morgan fingerprint density at radius 3 is 2.37 bits per heavy atom. The standard InChI is InChI=1S/C14H11F3O2/c1-9(18)19-13(14(15,16)17)12-8-4-6-10-5-2-3-7-11(10)12/h2-8,13H,1H3/t13-/m0/s1. The fourth-order valence-corrected chi connectivity index (χ4v) is 1.95. The Kier molecular flexibility index (Phi) is 3.46. The van der Waals surface area contributed by atoms with Crippen LogP contribution in [0.4, 0.5) is 13.2 Å². The van der Waals surface area contributed by atoms with Gasteiger partial charge in [-0.15, -0.1) is 0 Å². The maximum Gasteiger partial charge on any atom is 0.429 e. The SMILES string of the molecule is CC(=O)O[C@@H](c1cccc2ccccc12)C(F)(F)F. The van der Waals surface area contributed by atoms with Crippen molar-refractivity contribution in [1.82, 2.24) is 0 Å². The molecule has 0 amide bonds. The molecule has 100 valence electrons. The van der Waals surface area contributed by atoms with E-state index in [-0.39, 0.29) is 5.56 Å². The summed E-state index contributed by atoms with van der Waals surface area (Å²) in [5, 5.41) is 1.09. The van der Waals surface area contributed by atoms with E-state index in [1.165, 1.54) is 12.1 Å². The first-order valence-electron chi connectivity index (χ1n) is 5.61. The minimum Gasteiger partial charge on any atom is -0.448 e. The number of rotatable bonds is 2. The first-order chi connectivity index (χ1) is 8.89. The van der Waals surface area contributed by atoms with Gasteiger partial charge in [-0.25, -0.2) is 0 Å². The maximum atomic E-state index is 13.0. The van der Waals surface area contributed by atoms with Crippen LogP contribution in [-0.2, 0) is 9.53 Å². The van der Waals surface area contributed by atoms with Crippen LogP contribution in [0.25, 0.3) is 10.8 Å². The van der Waals surface area contributed by atoms with Crippen molar-refractivity contribution in [3.8, 4) is 0 Å². The predicted molar refractivity (Wildman–Crippen MR) is 64.5 cm³/mol. The Bertz CT molecular complexity index is 600. The van der Waals surface area contributed by atoms with Gasteiger partial charge in [-0.2, -0.15) is 13.2 Å². The number of halogens is 3. The van der Waals surface area contributed by atoms with Crippen molar-refractivity contribution in [2.45, 2.75) is 19.2 Å². The first-order valence-corrected chi connectivity index (χ1v) is 5.61. The molecule has 19 heavy (non-hydrogen) atoms. The van der Waals surface area contributed by atoms with Crippen molar-refractivity contribution in [2.24, 2.45) is 0 Å². The molecule has 2 aromatic rings. The number of hydrogen-bond acceptors (Lipinski definition) is 2. The molecule has 0 aliphatic carbocycles. The van der Waals surface area contributed by atoms with Crippen LogP contribution in [0.1, 0.15) is 18.6 Å². The van der Waals surface area contributed by atoms with E-state index in [9.17, 15) is 18.0 Å². The van der Waals surface area contributed by atoms with E-state index in [1.807, 2.05) is 0 Å². The van der Waals surface area contributed by atoms with E-state index in [1.54, 1.807) is 30.3 Å². The highest BCUT2D eigenvalue weighted by atomic mass is 19.4. The zero-order valence-corrected chi connectivity index (χ0v) is 10.1. The molecule has 0 bridgehead atoms. The molecule has 1 atom stereocenters. The molecular weight excluding hydrogens is 257 g/mol. The molecule has 5 heteroatoms. The average molecular weight is 268 g/mol. The molecule has 2 rings (SSSR count). The number of esters is 1. The van der Waals surface area contributed by atoms with Gasteiger partial charge in [-0.3, -0.25) is 4.79 Å². The molecule has 0 saturated heterocycles. The minimum absolute atomic E-state index is 0.0548. The average Bonchev–Trinajstić information content (AvgIpc) is 2.34. The van der Waals surface area contributed by atoms with Crippen LogP contribution < -0.4 is 0 Å². The number of benzene rings is 2. The number of hydrogen-bond donors (Lipinski definition) is 0. The largest absolute Gasteiger partial charge is 0.448 e. The Balaban J connectivity index is 2.59. The van der Waals surface area contributed by atoms with Gasteiger partial charge in [0.1, 0.15) is 0 Å². The second-order valence-corrected chi connectivity index (χ2v) is 4.10. The summed E-state index contributed by atoms with van der Waals surface area (Å²) >= 11 is 0. The van der Waals surface area contributed by atoms with E-state index < -0.39 is 18.2 Å². The van der Waals surface area contributed by atoms with Crippen molar-refractivity contribution in [1.29, 1.82) is 0 Å². The second kappa shape index (κ2) is 4.91. The third-order valence-electron chi connectivity index (χ3n) is 2.69. The Hall–Kier alpha value is -2.04. The summed E-state index contributed by atoms with van der Waals surface area (Å²) in [6, 6.07) is 11.2. The zero-order valence-electron chi connectivity index (χ0n) is 10.1. The summed E-state index contributed by atoms with van der Waals surface area (Å²) in [4.78, 5) is 10.9. The highest BCUT2D eigenvalue weighted by molar-refractivity contribution is 5.86. The second-order valence-electron chi connectivity index (χ2n) is 4.10. The summed E-state index contributed by atoms with van der Waals surface area (Å²) in [6.07, 6.45) is -6.88. The fraction of sp³-hybridized carbons (Fsp3) is 0.214. The number of carbonyl (C=O) groups is 1. The molecule has 0 aliphatic heterocycles. The lowest BCUT2D eigenvalue weighted by Gasteiger charge is -2.21. The summed E-state index contributed by atoms with van der Waals surface area (Å²) in [7, 11) is 0. The highest BCUT2D eigenvalue weighted by Gasteiger charge is 2.44. The fourth-order valence-electron chi connectivity index (χ4n) is 1.95. The molecule has 0 N–H and O–H groups in total. The Labute approximate surface area is 107 Å². The van der Waals surface area contributed by atoms with E-state index >= 15 is 0 Å². The molecule has 0 saturated carbocycles. The maximum absolute atomic E-state index is 13.0. The lowest BCUT2D eigenvalue weighted by Crippen LogP contribution is -2.25. The molecule has 0 fully saturated rings. The van der Waals surface area contributed by atoms with Crippen LogP contribution in [0.5, 0.6) is 0 Å². The van der Waals surface area contributed by atoms with Gasteiger partial charge in [-0.05, 0) is 10.8 Å². The molecule has 2 aromatic carbocycles. The van der Waals surface area contributed by atoms with Crippen LogP contribution in [0.3, 0.4) is 0 Å². The number of carbonyl (C=O) groups excluding carboxylic acids is 1. The van der Waals surface area contributed by atoms with Crippen LogP contribution in [0.15, 0.2) is 42.5 Å². The van der Waals surface area contributed by atoms with Gasteiger partial charge < -0.3 is 4.74 Å². The van der Waals surface area contributed by atoms with Gasteiger partial charge in [0, 0.05) is 12.5 Å². The smallest absolute Gasteiger partial charge is 0.429 e. The topological polar surface area (TPSA) is 26.3 Å². The van der Waals surface area contributed by atoms with Gasteiger partial charge in [0.25, 0.3) is 0 Å². The number of alkyl halides is 3. The summed E-state index contributed by atoms with van der Waals surface area (Å²) in [5.74, 6) is -0.963. The van der Waals surface area contributed by atoms with Crippen LogP contribution in [0.2, 0.25) is 0 Å². The van der Waals surface area contributed by atoms with Gasteiger partial charge >= 0.3 is 12.1 Å². The zero-order chi connectivity index (χ0) is 14.0. The van der Waals surface area contributed by atoms with E-state index in [0.29, 0.717) is 10.8 Å². The third kappa shape index (κ3) is 2.86. The van der Waals surface area contributed by atoms with Gasteiger partial charge in [0.05, 0.1) is 0 Å². The van der Waals surface area contributed by atoms with Gasteiger partial charge in [0.2, 0.25) is 6.10 Å². The molecule has 0 heterocycles. The van der Waals surface area contributed by atoms with E-state index in [4.69, 9.17) is 0 Å². The lowest BCUT2D eigenvalue weighted by molar-refractivity contribution is -0.222. The van der Waals surface area contributed by atoms with Crippen LogP contribution >= 0.6 is 0 Å². The van der Waals surface area contributed by atoms with Gasteiger partial charge in [0.15, 0.2) is 0 Å². The lowest BCUT2D eigenvalue weighted by atomic mass is 10.00. The van der Waals surface area contributed by atoms with Crippen molar-refractivity contribution in [3.63, 3.8) is 0 Å². The van der Waals surface area contributed by atoms with Crippen molar-refractivity contribution >= 4 is 16.7 Å². The van der Waals surface area contributed by atoms with Gasteiger partial charge in [-0.1, -0.05) is 42.5 Å². The number of fused-ring (bicyclic) bond motifs is 1. The van der Waals surface area contributed by atoms with Crippen LogP contribution in [0, 0.1) is 0 Å². The predicted octanol–water partition coefficient (Wildman–Crippen LogP) is 4.01. The van der Waals surface area contributed by atoms with Crippen molar-refractivity contribution in [3.05, 3.63) is 48.0 Å². The Morgan fingerprint density at radius 2 is 1.74 bits per heavy atom. The molecular formula is C14H11F3O2. The molecule has 2 nitrogen and oxygen atoms in total. The molecule has 0 aliphatic rings. The first kappa shape index (κ1) is 13.4. The van der Waals surface area contributed by atoms with Crippen molar-refractivity contribution in [2.75, 3.05) is 0 Å². The van der Waals surface area contributed by atoms with Crippen molar-refractivity contribution < 1.29 is 22.7 Å².